The van der Waals surface area contributed by atoms with Gasteiger partial charge in [-0.2, -0.15) is 15.4 Å². The molecule has 56 heavy (non-hydrogen) atoms. The smallest absolute Gasteiger partial charge is 0.459 e. The van der Waals surface area contributed by atoms with Crippen LogP contribution in [0.15, 0.2) is 67.1 Å². The summed E-state index contributed by atoms with van der Waals surface area (Å²) in [6.07, 6.45) is -2.04. The predicted octanol–water partition coefficient (Wildman–Crippen LogP) is 4.68. The maximum atomic E-state index is 14.7. The molecule has 0 amide bonds. The van der Waals surface area contributed by atoms with Crippen LogP contribution in [-0.2, 0) is 35.5 Å². The zero-order chi connectivity index (χ0) is 40.2. The van der Waals surface area contributed by atoms with E-state index in [9.17, 15) is 24.8 Å². The molecule has 4 heterocycles. The summed E-state index contributed by atoms with van der Waals surface area (Å²) in [6.45, 7) is 8.30. The number of halogens is 1. The van der Waals surface area contributed by atoms with Crippen LogP contribution in [0.25, 0.3) is 16.4 Å². The number of nitrogens with one attached hydrogen (secondary N) is 2. The van der Waals surface area contributed by atoms with Crippen molar-refractivity contribution in [1.29, 1.82) is 5.26 Å². The number of benzene rings is 2. The molecule has 1 aliphatic rings. The van der Waals surface area contributed by atoms with Crippen molar-refractivity contribution in [1.82, 2.24) is 29.6 Å². The number of ether oxygens (including phenoxy) is 2. The van der Waals surface area contributed by atoms with Crippen LogP contribution in [-0.4, -0.2) is 91.3 Å². The topological polar surface area (TPSA) is 232 Å². The molecule has 6 atom stereocenters. The monoisotopic (exact) mass is 807 g/mol. The van der Waals surface area contributed by atoms with Crippen molar-refractivity contribution in [3.8, 4) is 11.8 Å². The van der Waals surface area contributed by atoms with E-state index in [1.807, 2.05) is 38.1 Å². The minimum atomic E-state index is -4.54. The SMILES string of the molecule is CCOC(=O)[C@H](C)N[P@](=O)(OC[C@H]1O[C@@](C#N)(c2ccc3c(N)ncnn23)[C@H](O)[C@@H]1O)Oc1ccc(Nc2ccnc3cc(Cl)ccc23)cc1CN(CC)CC. The van der Waals surface area contributed by atoms with E-state index in [1.165, 1.54) is 23.8 Å². The summed E-state index contributed by atoms with van der Waals surface area (Å²) >= 11 is 6.20. The third-order valence-electron chi connectivity index (χ3n) is 9.44. The van der Waals surface area contributed by atoms with E-state index in [-0.39, 0.29) is 23.9 Å². The maximum Gasteiger partial charge on any atom is 0.459 e. The lowest BCUT2D eigenvalue weighted by Gasteiger charge is -2.27. The number of esters is 1. The number of nitrogens with two attached hydrogens (primary N) is 1. The highest BCUT2D eigenvalue weighted by molar-refractivity contribution is 7.52. The fourth-order valence-electron chi connectivity index (χ4n) is 6.44. The third-order valence-corrected chi connectivity index (χ3v) is 11.3. The number of hydrogen-bond acceptors (Lipinski definition) is 15. The fourth-order valence-corrected chi connectivity index (χ4v) is 8.15. The molecule has 19 heteroatoms. The molecule has 0 spiro atoms. The van der Waals surface area contributed by atoms with Gasteiger partial charge in [-0.15, -0.1) is 0 Å². The van der Waals surface area contributed by atoms with E-state index < -0.39 is 50.3 Å². The Morgan fingerprint density at radius 1 is 1.16 bits per heavy atom. The molecule has 1 fully saturated rings. The summed E-state index contributed by atoms with van der Waals surface area (Å²) in [4.78, 5) is 23.2. The summed E-state index contributed by atoms with van der Waals surface area (Å²) < 4.78 is 39.3. The number of carbonyl (C=O) groups is 1. The third kappa shape index (κ3) is 8.29. The molecule has 1 saturated heterocycles. The van der Waals surface area contributed by atoms with Gasteiger partial charge in [0.15, 0.2) is 5.82 Å². The van der Waals surface area contributed by atoms with Crippen LogP contribution in [0.4, 0.5) is 17.2 Å². The van der Waals surface area contributed by atoms with Gasteiger partial charge in [-0.25, -0.2) is 14.1 Å². The van der Waals surface area contributed by atoms with Crippen LogP contribution >= 0.6 is 19.3 Å². The quantitative estimate of drug-likeness (QED) is 0.0673. The van der Waals surface area contributed by atoms with E-state index in [0.717, 1.165) is 11.1 Å². The van der Waals surface area contributed by atoms with Crippen molar-refractivity contribution >= 4 is 58.9 Å². The Bertz CT molecular complexity index is 2300. The first-order chi connectivity index (χ1) is 26.8. The van der Waals surface area contributed by atoms with Gasteiger partial charge in [0.1, 0.15) is 48.0 Å². The number of rotatable bonds is 16. The van der Waals surface area contributed by atoms with Crippen molar-refractivity contribution in [3.05, 3.63) is 83.4 Å². The van der Waals surface area contributed by atoms with Crippen LogP contribution in [0.2, 0.25) is 5.02 Å². The highest BCUT2D eigenvalue weighted by Crippen LogP contribution is 2.48. The van der Waals surface area contributed by atoms with Crippen LogP contribution < -0.4 is 20.7 Å². The van der Waals surface area contributed by atoms with Gasteiger partial charge >= 0.3 is 13.7 Å². The van der Waals surface area contributed by atoms with Crippen LogP contribution in [0, 0.1) is 11.3 Å². The normalized spacial score (nSPS) is 21.2. The average Bonchev–Trinajstić information content (AvgIpc) is 3.73. The van der Waals surface area contributed by atoms with E-state index in [0.29, 0.717) is 46.9 Å². The minimum absolute atomic E-state index is 0.0698. The van der Waals surface area contributed by atoms with Gasteiger partial charge in [0.25, 0.3) is 0 Å². The van der Waals surface area contributed by atoms with Crippen molar-refractivity contribution < 1.29 is 38.1 Å². The predicted molar refractivity (Wildman–Crippen MR) is 208 cm³/mol. The minimum Gasteiger partial charge on any atom is -0.465 e. The second-order valence-electron chi connectivity index (χ2n) is 13.0. The number of fused-ring (bicyclic) bond motifs is 2. The summed E-state index contributed by atoms with van der Waals surface area (Å²) in [6, 6.07) is 16.3. The Labute approximate surface area is 327 Å². The second-order valence-corrected chi connectivity index (χ2v) is 15.1. The fraction of sp³-hybridized carbons (Fsp3) is 0.378. The molecule has 0 unspecified atom stereocenters. The number of nitrogen functional groups attached to an aromatic ring is 1. The molecule has 2 aromatic carbocycles. The van der Waals surface area contributed by atoms with Crippen molar-refractivity contribution in [2.45, 2.75) is 64.2 Å². The van der Waals surface area contributed by atoms with Gasteiger partial charge in [-0.3, -0.25) is 19.2 Å². The summed E-state index contributed by atoms with van der Waals surface area (Å²) in [5.74, 6) is -0.421. The number of aromatic nitrogens is 4. The molecular weight excluding hydrogens is 765 g/mol. The molecule has 0 saturated carbocycles. The number of hydrogen-bond donors (Lipinski definition) is 5. The van der Waals surface area contributed by atoms with Crippen molar-refractivity contribution in [2.24, 2.45) is 0 Å². The summed E-state index contributed by atoms with van der Waals surface area (Å²) in [7, 11) is -4.54. The Hall–Kier alpha value is -4.89. The van der Waals surface area contributed by atoms with E-state index in [4.69, 9.17) is 35.9 Å². The lowest BCUT2D eigenvalue weighted by molar-refractivity contribution is -0.144. The average molecular weight is 808 g/mol. The van der Waals surface area contributed by atoms with Gasteiger partial charge in [0.2, 0.25) is 5.60 Å². The van der Waals surface area contributed by atoms with Gasteiger partial charge in [0.05, 0.1) is 24.4 Å². The first-order valence-corrected chi connectivity index (χ1v) is 19.9. The summed E-state index contributed by atoms with van der Waals surface area (Å²) in [5, 5.41) is 44.4. The first-order valence-electron chi connectivity index (χ1n) is 17.9. The highest BCUT2D eigenvalue weighted by atomic mass is 35.5. The highest BCUT2D eigenvalue weighted by Gasteiger charge is 2.58. The summed E-state index contributed by atoms with van der Waals surface area (Å²) in [5.41, 5.74) is 7.08. The first kappa shape index (κ1) is 40.8. The van der Waals surface area contributed by atoms with Crippen LogP contribution in [0.5, 0.6) is 5.75 Å². The van der Waals surface area contributed by atoms with E-state index >= 15 is 0 Å². The number of anilines is 3. The van der Waals surface area contributed by atoms with Crippen LogP contribution in [0.3, 0.4) is 0 Å². The lowest BCUT2D eigenvalue weighted by atomic mass is 9.92. The molecule has 1 aliphatic heterocycles. The van der Waals surface area contributed by atoms with Gasteiger partial charge in [-0.1, -0.05) is 25.4 Å². The zero-order valence-electron chi connectivity index (χ0n) is 31.1. The van der Waals surface area contributed by atoms with E-state index in [1.54, 1.807) is 43.5 Å². The van der Waals surface area contributed by atoms with E-state index in [2.05, 4.69) is 30.4 Å². The van der Waals surface area contributed by atoms with Gasteiger partial charge in [-0.05, 0) is 81.5 Å². The molecule has 17 nitrogen and oxygen atoms in total. The number of aliphatic hydroxyl groups excluding tert-OH is 2. The second kappa shape index (κ2) is 17.1. The molecule has 3 aromatic heterocycles. The molecule has 0 aliphatic carbocycles. The lowest BCUT2D eigenvalue weighted by Crippen LogP contribution is -2.41. The van der Waals surface area contributed by atoms with Crippen molar-refractivity contribution in [2.75, 3.05) is 37.4 Å². The van der Waals surface area contributed by atoms with Crippen LogP contribution in [0.1, 0.15) is 39.0 Å². The maximum absolute atomic E-state index is 14.7. The largest absolute Gasteiger partial charge is 0.465 e. The number of aliphatic hydroxyl groups is 2. The standard InChI is InChI=1S/C37H43ClN9O8P/c1-5-46(6-2)18-23-16-25(44-27-14-15-41-28-17-24(38)8-10-26(27)28)9-12-30(23)55-56(51,45-22(4)36(50)52-7-3)53-19-31-33(48)34(49)37(20-39,54-31)32-13-11-29-35(40)42-21-43-47(29)32/h8-17,21-22,31,33-34,48-49H,5-7,18-19H2,1-4H3,(H,41,44)(H,45,51)(H2,40,42,43)/t22-,31+,33+,34+,37-,56-/m0/s1. The number of nitriles is 1. The van der Waals surface area contributed by atoms with Crippen molar-refractivity contribution in [3.63, 3.8) is 0 Å². The molecular formula is C37H43ClN9O8P. The molecule has 296 valence electrons. The number of pyridine rings is 1. The van der Waals surface area contributed by atoms with Gasteiger partial charge < -0.3 is 35.3 Å². The number of nitrogens with zero attached hydrogens (tertiary/aromatic N) is 6. The number of carbonyl (C=O) groups excluding carboxylic acids is 1. The molecule has 6 N–H and O–H groups in total. The molecule has 0 radical (unpaired) electrons. The molecule has 6 rings (SSSR count). The Kier molecular flexibility index (Phi) is 12.4. The Morgan fingerprint density at radius 2 is 1.95 bits per heavy atom. The molecule has 0 bridgehead atoms. The Balaban J connectivity index is 1.31. The molecule has 5 aromatic rings. The zero-order valence-corrected chi connectivity index (χ0v) is 32.8. The Morgan fingerprint density at radius 3 is 2.68 bits per heavy atom. The van der Waals surface area contributed by atoms with Gasteiger partial charge in [0, 0.05) is 40.1 Å².